The van der Waals surface area contributed by atoms with Gasteiger partial charge in [-0.3, -0.25) is 4.79 Å². The molecule has 26 heavy (non-hydrogen) atoms. The van der Waals surface area contributed by atoms with Crippen molar-refractivity contribution in [3.05, 3.63) is 29.3 Å². The van der Waals surface area contributed by atoms with Gasteiger partial charge in [0.05, 0.1) is 12.5 Å². The van der Waals surface area contributed by atoms with Crippen molar-refractivity contribution in [3.8, 4) is 5.75 Å². The Morgan fingerprint density at radius 1 is 1.15 bits per heavy atom. The van der Waals surface area contributed by atoms with Crippen LogP contribution in [0.15, 0.2) is 18.2 Å². The molecule has 2 saturated carbocycles. The zero-order chi connectivity index (χ0) is 18.5. The molecule has 0 spiro atoms. The first-order valence-corrected chi connectivity index (χ1v) is 9.50. The third kappa shape index (κ3) is 5.38. The van der Waals surface area contributed by atoms with Crippen molar-refractivity contribution in [1.82, 2.24) is 10.6 Å². The number of nitrogens with one attached hydrogen (secondary N) is 2. The van der Waals surface area contributed by atoms with Crippen LogP contribution >= 0.6 is 0 Å². The SMILES string of the molecule is Cc1ccc(CNC(=O)NC2CCC(C(=O)O)CC2)c(OCC2CC2)c1. The zero-order valence-electron chi connectivity index (χ0n) is 15.3. The lowest BCUT2D eigenvalue weighted by Crippen LogP contribution is -2.43. The van der Waals surface area contributed by atoms with Crippen LogP contribution in [0, 0.1) is 18.8 Å². The van der Waals surface area contributed by atoms with Gasteiger partial charge in [-0.05, 0) is 63.0 Å². The number of carbonyl (C=O) groups excluding carboxylic acids is 1. The van der Waals surface area contributed by atoms with E-state index in [4.69, 9.17) is 9.84 Å². The number of ether oxygens (including phenoxy) is 1. The number of aryl methyl sites for hydroxylation is 1. The van der Waals surface area contributed by atoms with E-state index in [-0.39, 0.29) is 18.0 Å². The van der Waals surface area contributed by atoms with E-state index in [1.807, 2.05) is 25.1 Å². The second-order valence-electron chi connectivity index (χ2n) is 7.58. The summed E-state index contributed by atoms with van der Waals surface area (Å²) >= 11 is 0. The Kier molecular flexibility index (Phi) is 6.01. The summed E-state index contributed by atoms with van der Waals surface area (Å²) in [5.74, 6) is 0.528. The fourth-order valence-electron chi connectivity index (χ4n) is 3.33. The fraction of sp³-hybridized carbons (Fsp3) is 0.600. The number of benzene rings is 1. The van der Waals surface area contributed by atoms with Crippen LogP contribution in [0.4, 0.5) is 4.79 Å². The van der Waals surface area contributed by atoms with Crippen molar-refractivity contribution >= 4 is 12.0 Å². The van der Waals surface area contributed by atoms with Crippen LogP contribution in [0.25, 0.3) is 0 Å². The summed E-state index contributed by atoms with van der Waals surface area (Å²) in [4.78, 5) is 23.2. The summed E-state index contributed by atoms with van der Waals surface area (Å²) < 4.78 is 5.93. The largest absolute Gasteiger partial charge is 0.493 e. The Balaban J connectivity index is 1.46. The van der Waals surface area contributed by atoms with Crippen LogP contribution in [0.2, 0.25) is 0 Å². The molecule has 142 valence electrons. The molecule has 0 atom stereocenters. The number of carbonyl (C=O) groups is 2. The number of amides is 2. The molecule has 0 unspecified atom stereocenters. The van der Waals surface area contributed by atoms with Gasteiger partial charge in [0, 0.05) is 18.2 Å². The second-order valence-corrected chi connectivity index (χ2v) is 7.58. The van der Waals surface area contributed by atoms with Gasteiger partial charge in [-0.15, -0.1) is 0 Å². The minimum Gasteiger partial charge on any atom is -0.493 e. The summed E-state index contributed by atoms with van der Waals surface area (Å²) in [6.45, 7) is 3.19. The molecule has 1 aromatic rings. The summed E-state index contributed by atoms with van der Waals surface area (Å²) in [5.41, 5.74) is 2.11. The normalized spacial score (nSPS) is 22.5. The van der Waals surface area contributed by atoms with Gasteiger partial charge in [0.25, 0.3) is 0 Å². The van der Waals surface area contributed by atoms with E-state index in [2.05, 4.69) is 10.6 Å². The average molecular weight is 360 g/mol. The topological polar surface area (TPSA) is 87.7 Å². The number of carboxylic acid groups (broad SMARTS) is 1. The predicted molar refractivity (Wildman–Crippen MR) is 98.2 cm³/mol. The monoisotopic (exact) mass is 360 g/mol. The van der Waals surface area contributed by atoms with Gasteiger partial charge < -0.3 is 20.5 Å². The molecule has 3 rings (SSSR count). The average Bonchev–Trinajstić information content (AvgIpc) is 3.44. The second kappa shape index (κ2) is 8.43. The van der Waals surface area contributed by atoms with Crippen LogP contribution < -0.4 is 15.4 Å². The molecule has 0 bridgehead atoms. The Morgan fingerprint density at radius 3 is 2.54 bits per heavy atom. The highest BCUT2D eigenvalue weighted by Crippen LogP contribution is 2.30. The van der Waals surface area contributed by atoms with Crippen molar-refractivity contribution in [2.24, 2.45) is 11.8 Å². The highest BCUT2D eigenvalue weighted by atomic mass is 16.5. The molecule has 2 amide bonds. The van der Waals surface area contributed by atoms with Crippen LogP contribution in [0.3, 0.4) is 0 Å². The molecule has 2 aliphatic carbocycles. The maximum Gasteiger partial charge on any atom is 0.315 e. The fourth-order valence-corrected chi connectivity index (χ4v) is 3.33. The maximum atomic E-state index is 12.2. The number of urea groups is 1. The van der Waals surface area contributed by atoms with E-state index in [1.54, 1.807) is 0 Å². The van der Waals surface area contributed by atoms with E-state index in [1.165, 1.54) is 12.8 Å². The Labute approximate surface area is 154 Å². The molecular formula is C20H28N2O4. The van der Waals surface area contributed by atoms with E-state index in [9.17, 15) is 9.59 Å². The molecule has 0 aromatic heterocycles. The van der Waals surface area contributed by atoms with E-state index in [0.717, 1.165) is 23.5 Å². The molecule has 0 heterocycles. The van der Waals surface area contributed by atoms with Crippen LogP contribution in [-0.2, 0) is 11.3 Å². The van der Waals surface area contributed by atoms with Gasteiger partial charge in [-0.2, -0.15) is 0 Å². The Bertz CT molecular complexity index is 649. The quantitative estimate of drug-likeness (QED) is 0.697. The van der Waals surface area contributed by atoms with Crippen LogP contribution in [0.5, 0.6) is 5.75 Å². The molecule has 1 aromatic carbocycles. The first kappa shape index (κ1) is 18.5. The highest BCUT2D eigenvalue weighted by Gasteiger charge is 2.26. The van der Waals surface area contributed by atoms with Crippen molar-refractivity contribution in [3.63, 3.8) is 0 Å². The van der Waals surface area contributed by atoms with Gasteiger partial charge in [0.1, 0.15) is 5.75 Å². The van der Waals surface area contributed by atoms with Crippen molar-refractivity contribution in [2.75, 3.05) is 6.61 Å². The third-order valence-electron chi connectivity index (χ3n) is 5.25. The maximum absolute atomic E-state index is 12.2. The molecule has 2 fully saturated rings. The number of aliphatic carboxylic acids is 1. The van der Waals surface area contributed by atoms with Crippen LogP contribution in [0.1, 0.15) is 49.7 Å². The van der Waals surface area contributed by atoms with Gasteiger partial charge in [0.15, 0.2) is 0 Å². The number of rotatable bonds is 7. The first-order chi connectivity index (χ1) is 12.5. The molecule has 3 N–H and O–H groups in total. The highest BCUT2D eigenvalue weighted by molar-refractivity contribution is 5.74. The summed E-state index contributed by atoms with van der Waals surface area (Å²) in [5, 5.41) is 14.9. The summed E-state index contributed by atoms with van der Waals surface area (Å²) in [6, 6.07) is 5.87. The van der Waals surface area contributed by atoms with Gasteiger partial charge >= 0.3 is 12.0 Å². The molecule has 0 saturated heterocycles. The van der Waals surface area contributed by atoms with Gasteiger partial charge in [-0.25, -0.2) is 4.79 Å². The molecule has 6 nitrogen and oxygen atoms in total. The Hall–Kier alpha value is -2.24. The van der Waals surface area contributed by atoms with E-state index >= 15 is 0 Å². The number of hydrogen-bond acceptors (Lipinski definition) is 3. The van der Waals surface area contributed by atoms with Crippen molar-refractivity contribution in [2.45, 2.75) is 58.0 Å². The lowest BCUT2D eigenvalue weighted by Gasteiger charge is -2.26. The summed E-state index contributed by atoms with van der Waals surface area (Å²) in [6.07, 6.45) is 5.15. The Morgan fingerprint density at radius 2 is 1.88 bits per heavy atom. The number of carboxylic acids is 1. The van der Waals surface area contributed by atoms with Crippen molar-refractivity contribution in [1.29, 1.82) is 0 Å². The molecule has 2 aliphatic rings. The lowest BCUT2D eigenvalue weighted by molar-refractivity contribution is -0.142. The van der Waals surface area contributed by atoms with Crippen LogP contribution in [-0.4, -0.2) is 29.8 Å². The lowest BCUT2D eigenvalue weighted by atomic mass is 9.86. The molecule has 6 heteroatoms. The van der Waals surface area contributed by atoms with E-state index in [0.29, 0.717) is 38.1 Å². The third-order valence-corrected chi connectivity index (χ3v) is 5.25. The molecular weight excluding hydrogens is 332 g/mol. The first-order valence-electron chi connectivity index (χ1n) is 9.50. The van der Waals surface area contributed by atoms with Gasteiger partial charge in [-0.1, -0.05) is 12.1 Å². The predicted octanol–water partition coefficient (Wildman–Crippen LogP) is 3.23. The number of hydrogen-bond donors (Lipinski definition) is 3. The summed E-state index contributed by atoms with van der Waals surface area (Å²) in [7, 11) is 0. The minimum atomic E-state index is -0.731. The van der Waals surface area contributed by atoms with E-state index < -0.39 is 5.97 Å². The molecule has 0 radical (unpaired) electrons. The minimum absolute atomic E-state index is 0.0502. The van der Waals surface area contributed by atoms with Crippen molar-refractivity contribution < 1.29 is 19.4 Å². The standard InChI is InChI=1S/C20H28N2O4/c1-13-2-5-16(18(10-13)26-12-14-3-4-14)11-21-20(25)22-17-8-6-15(7-9-17)19(23)24/h2,5,10,14-15,17H,3-4,6-9,11-12H2,1H3,(H,23,24)(H2,21,22,25). The molecule has 0 aliphatic heterocycles. The van der Waals surface area contributed by atoms with Gasteiger partial charge in [0.2, 0.25) is 0 Å². The smallest absolute Gasteiger partial charge is 0.315 e. The zero-order valence-corrected chi connectivity index (χ0v) is 15.3.